The maximum Gasteiger partial charge on any atom is 0.442 e. The fourth-order valence-electron chi connectivity index (χ4n) is 0. The first-order valence-electron chi connectivity index (χ1n) is 1.76. The summed E-state index contributed by atoms with van der Waals surface area (Å²) in [6, 6.07) is 0. The molecule has 0 rings (SSSR count). The van der Waals surface area contributed by atoms with E-state index in [1.807, 2.05) is 0 Å². The molecule has 2 N–H and O–H groups in total. The number of alkyl halides is 3. The van der Waals surface area contributed by atoms with E-state index in [1.165, 1.54) is 0 Å². The molecule has 0 fully saturated rings. The zero-order chi connectivity index (χ0) is 7.00. The van der Waals surface area contributed by atoms with Gasteiger partial charge in [0.05, 0.1) is 0 Å². The second-order valence-corrected chi connectivity index (χ2v) is 1.52. The lowest BCUT2D eigenvalue weighted by Crippen LogP contribution is -2.41. The lowest BCUT2D eigenvalue weighted by molar-refractivity contribution is -0.339. The van der Waals surface area contributed by atoms with E-state index in [1.54, 1.807) is 0 Å². The van der Waals surface area contributed by atoms with Gasteiger partial charge in [0.1, 0.15) is 0 Å². The molecular formula is C3H5F3O2. The number of rotatable bonds is 0. The Bertz CT molecular complexity index is 67.5. The summed E-state index contributed by atoms with van der Waals surface area (Å²) in [7, 11) is 0. The van der Waals surface area contributed by atoms with Crippen molar-refractivity contribution in [1.82, 2.24) is 0 Å². The lowest BCUT2D eigenvalue weighted by atomic mass is 10.3. The van der Waals surface area contributed by atoms with Gasteiger partial charge in [-0.3, -0.25) is 0 Å². The van der Waals surface area contributed by atoms with Crippen LogP contribution in [0.5, 0.6) is 0 Å². The summed E-state index contributed by atoms with van der Waals surface area (Å²) in [6.45, 7) is 0.257. The van der Waals surface area contributed by atoms with Crippen molar-refractivity contribution in [2.45, 2.75) is 18.9 Å². The highest BCUT2D eigenvalue weighted by Gasteiger charge is 2.48. The molecule has 0 aliphatic rings. The Balaban J connectivity index is 4.02. The van der Waals surface area contributed by atoms with E-state index in [0.717, 1.165) is 0 Å². The van der Waals surface area contributed by atoms with Gasteiger partial charge in [-0.2, -0.15) is 13.2 Å². The van der Waals surface area contributed by atoms with Crippen LogP contribution in [0.25, 0.3) is 0 Å². The van der Waals surface area contributed by atoms with Gasteiger partial charge in [-0.25, -0.2) is 0 Å². The Morgan fingerprint density at radius 1 is 1.12 bits per heavy atom. The molecule has 50 valence electrons. The standard InChI is InChI=1S/C3H5F3O2/c1-2(7,8)3(4,5)6/h7-8H,1H3. The molecule has 2 nitrogen and oxygen atoms in total. The third-order valence-electron chi connectivity index (χ3n) is 0.537. The van der Waals surface area contributed by atoms with Gasteiger partial charge < -0.3 is 10.2 Å². The lowest BCUT2D eigenvalue weighted by Gasteiger charge is -2.18. The minimum Gasteiger partial charge on any atom is -0.359 e. The first kappa shape index (κ1) is 7.71. The number of aliphatic hydroxyl groups is 2. The summed E-state index contributed by atoms with van der Waals surface area (Å²) in [5, 5.41) is 15.6. The predicted molar refractivity (Wildman–Crippen MR) is 18.9 cm³/mol. The van der Waals surface area contributed by atoms with E-state index < -0.39 is 12.0 Å². The average molecular weight is 130 g/mol. The van der Waals surface area contributed by atoms with Gasteiger partial charge in [-0.15, -0.1) is 0 Å². The molecule has 0 unspecified atom stereocenters. The van der Waals surface area contributed by atoms with Crippen molar-refractivity contribution in [1.29, 1.82) is 0 Å². The quantitative estimate of drug-likeness (QED) is 0.461. The van der Waals surface area contributed by atoms with Crippen LogP contribution in [0.3, 0.4) is 0 Å². The predicted octanol–water partition coefficient (Wildman–Crippen LogP) is 0.250. The molecule has 0 atom stereocenters. The third kappa shape index (κ3) is 1.67. The molecular weight excluding hydrogens is 125 g/mol. The molecule has 0 saturated heterocycles. The van der Waals surface area contributed by atoms with E-state index in [0.29, 0.717) is 0 Å². The van der Waals surface area contributed by atoms with Crippen LogP contribution in [0.15, 0.2) is 0 Å². The molecule has 0 bridgehead atoms. The SMILES string of the molecule is CC(O)(O)C(F)(F)F. The Morgan fingerprint density at radius 3 is 1.25 bits per heavy atom. The van der Waals surface area contributed by atoms with Crippen molar-refractivity contribution in [3.63, 3.8) is 0 Å². The molecule has 0 aromatic carbocycles. The summed E-state index contributed by atoms with van der Waals surface area (Å²) in [5.41, 5.74) is 0. The molecule has 8 heavy (non-hydrogen) atoms. The molecule has 0 aliphatic carbocycles. The van der Waals surface area contributed by atoms with Crippen LogP contribution < -0.4 is 0 Å². The smallest absolute Gasteiger partial charge is 0.359 e. The van der Waals surface area contributed by atoms with E-state index in [4.69, 9.17) is 10.2 Å². The van der Waals surface area contributed by atoms with Crippen LogP contribution in [0, 0.1) is 0 Å². The highest BCUT2D eigenvalue weighted by Crippen LogP contribution is 2.26. The normalized spacial score (nSPS) is 14.2. The molecule has 0 aromatic rings. The molecule has 0 heterocycles. The second-order valence-electron chi connectivity index (χ2n) is 1.52. The summed E-state index contributed by atoms with van der Waals surface area (Å²) in [6.07, 6.45) is -4.95. The van der Waals surface area contributed by atoms with Gasteiger partial charge in [0.15, 0.2) is 0 Å². The molecule has 0 aromatic heterocycles. The van der Waals surface area contributed by atoms with Gasteiger partial charge in [-0.1, -0.05) is 0 Å². The number of hydrogen-bond donors (Lipinski definition) is 2. The largest absolute Gasteiger partial charge is 0.442 e. The van der Waals surface area contributed by atoms with Crippen molar-refractivity contribution in [2.24, 2.45) is 0 Å². The fraction of sp³-hybridized carbons (Fsp3) is 1.00. The summed E-state index contributed by atoms with van der Waals surface area (Å²) < 4.78 is 33.2. The van der Waals surface area contributed by atoms with Crippen molar-refractivity contribution in [3.8, 4) is 0 Å². The van der Waals surface area contributed by atoms with Gasteiger partial charge in [0.2, 0.25) is 0 Å². The Morgan fingerprint density at radius 2 is 1.25 bits per heavy atom. The summed E-state index contributed by atoms with van der Waals surface area (Å²) in [4.78, 5) is 0. The van der Waals surface area contributed by atoms with Crippen LogP contribution >= 0.6 is 0 Å². The molecule has 0 aliphatic heterocycles. The first-order chi connectivity index (χ1) is 3.25. The maximum absolute atomic E-state index is 11.1. The van der Waals surface area contributed by atoms with Crippen LogP contribution in [0.4, 0.5) is 13.2 Å². The van der Waals surface area contributed by atoms with Gasteiger partial charge >= 0.3 is 6.18 Å². The Labute approximate surface area is 43.6 Å². The van der Waals surface area contributed by atoms with E-state index in [9.17, 15) is 13.2 Å². The second kappa shape index (κ2) is 1.60. The summed E-state index contributed by atoms with van der Waals surface area (Å²) in [5.74, 6) is -3.56. The molecule has 5 heteroatoms. The highest BCUT2D eigenvalue weighted by atomic mass is 19.4. The zero-order valence-electron chi connectivity index (χ0n) is 4.03. The van der Waals surface area contributed by atoms with Crippen molar-refractivity contribution in [3.05, 3.63) is 0 Å². The van der Waals surface area contributed by atoms with Crippen LogP contribution in [0.2, 0.25) is 0 Å². The Hall–Kier alpha value is -0.290. The van der Waals surface area contributed by atoms with E-state index in [2.05, 4.69) is 0 Å². The maximum atomic E-state index is 11.1. The Kier molecular flexibility index (Phi) is 1.54. The molecule has 0 saturated carbocycles. The minimum absolute atomic E-state index is 0.257. The van der Waals surface area contributed by atoms with Crippen LogP contribution in [-0.2, 0) is 0 Å². The van der Waals surface area contributed by atoms with Crippen molar-refractivity contribution >= 4 is 0 Å². The molecule has 0 spiro atoms. The average Bonchev–Trinajstić information content (AvgIpc) is 1.25. The number of hydrogen-bond acceptors (Lipinski definition) is 2. The molecule has 0 radical (unpaired) electrons. The minimum atomic E-state index is -4.95. The van der Waals surface area contributed by atoms with Gasteiger partial charge in [0, 0.05) is 0 Å². The van der Waals surface area contributed by atoms with Crippen LogP contribution in [0.1, 0.15) is 6.92 Å². The fourth-order valence-corrected chi connectivity index (χ4v) is 0. The van der Waals surface area contributed by atoms with E-state index >= 15 is 0 Å². The third-order valence-corrected chi connectivity index (χ3v) is 0.537. The van der Waals surface area contributed by atoms with Crippen molar-refractivity contribution in [2.75, 3.05) is 0 Å². The van der Waals surface area contributed by atoms with E-state index in [-0.39, 0.29) is 6.92 Å². The van der Waals surface area contributed by atoms with Gasteiger partial charge in [0.25, 0.3) is 5.79 Å². The van der Waals surface area contributed by atoms with Crippen molar-refractivity contribution < 1.29 is 23.4 Å². The summed E-state index contributed by atoms with van der Waals surface area (Å²) >= 11 is 0. The highest BCUT2D eigenvalue weighted by molar-refractivity contribution is 4.65. The van der Waals surface area contributed by atoms with Gasteiger partial charge in [-0.05, 0) is 6.92 Å². The first-order valence-corrected chi connectivity index (χ1v) is 1.76. The zero-order valence-corrected chi connectivity index (χ0v) is 4.03. The monoisotopic (exact) mass is 130 g/mol. The topological polar surface area (TPSA) is 40.5 Å². The number of halogens is 3. The van der Waals surface area contributed by atoms with Crippen LogP contribution in [-0.4, -0.2) is 22.2 Å². The molecule has 0 amide bonds.